The predicted octanol–water partition coefficient (Wildman–Crippen LogP) is 3.20. The van der Waals surface area contributed by atoms with Crippen molar-refractivity contribution in [3.05, 3.63) is 40.9 Å². The number of carbonyl (C=O) groups is 2. The van der Waals surface area contributed by atoms with E-state index < -0.39 is 17.6 Å². The first kappa shape index (κ1) is 17.2. The smallest absolute Gasteiger partial charge is 0.328 e. The number of nitrogens with one attached hydrogen (secondary N) is 1. The second kappa shape index (κ2) is 7.27. The SMILES string of the molecule is C[C@@H](NC(=O)/C=C/c1cccc(Cl)c1)C(=O)OC(C)(C)C. The van der Waals surface area contributed by atoms with Crippen LogP contribution in [0.2, 0.25) is 5.02 Å². The van der Waals surface area contributed by atoms with E-state index in [0.29, 0.717) is 5.02 Å². The van der Waals surface area contributed by atoms with Crippen LogP contribution >= 0.6 is 11.6 Å². The fourth-order valence-electron chi connectivity index (χ4n) is 1.49. The predicted molar refractivity (Wildman–Crippen MR) is 83.9 cm³/mol. The average molecular weight is 310 g/mol. The Kier molecular flexibility index (Phi) is 5.97. The molecule has 0 saturated carbocycles. The van der Waals surface area contributed by atoms with Crippen molar-refractivity contribution < 1.29 is 14.3 Å². The standard InChI is InChI=1S/C16H20ClNO3/c1-11(15(20)21-16(2,3)4)18-14(19)9-8-12-6-5-7-13(17)10-12/h5-11H,1-4H3,(H,18,19)/b9-8+/t11-/m1/s1. The summed E-state index contributed by atoms with van der Waals surface area (Å²) in [5.74, 6) is -0.833. The van der Waals surface area contributed by atoms with E-state index in [1.165, 1.54) is 6.08 Å². The molecule has 0 bridgehead atoms. The van der Waals surface area contributed by atoms with Gasteiger partial charge in [-0.1, -0.05) is 23.7 Å². The fraction of sp³-hybridized carbons (Fsp3) is 0.375. The minimum absolute atomic E-state index is 0.367. The van der Waals surface area contributed by atoms with E-state index in [0.717, 1.165) is 5.56 Å². The average Bonchev–Trinajstić information content (AvgIpc) is 2.34. The molecule has 1 aromatic rings. The van der Waals surface area contributed by atoms with Gasteiger partial charge in [-0.05, 0) is 51.5 Å². The lowest BCUT2D eigenvalue weighted by Gasteiger charge is -2.22. The molecule has 0 aliphatic carbocycles. The minimum atomic E-state index is -0.708. The maximum absolute atomic E-state index is 11.7. The Labute approximate surface area is 130 Å². The van der Waals surface area contributed by atoms with Crippen molar-refractivity contribution in [3.8, 4) is 0 Å². The van der Waals surface area contributed by atoms with Gasteiger partial charge in [0.25, 0.3) is 0 Å². The van der Waals surface area contributed by atoms with Crippen molar-refractivity contribution in [1.29, 1.82) is 0 Å². The molecule has 0 aliphatic rings. The molecule has 4 nitrogen and oxygen atoms in total. The largest absolute Gasteiger partial charge is 0.458 e. The number of halogens is 1. The third-order valence-corrected chi connectivity index (χ3v) is 2.63. The van der Waals surface area contributed by atoms with Crippen LogP contribution in [0.4, 0.5) is 0 Å². The summed E-state index contributed by atoms with van der Waals surface area (Å²) >= 11 is 5.85. The van der Waals surface area contributed by atoms with Crippen LogP contribution in [-0.2, 0) is 14.3 Å². The van der Waals surface area contributed by atoms with E-state index in [1.807, 2.05) is 6.07 Å². The summed E-state index contributed by atoms with van der Waals surface area (Å²) in [6.45, 7) is 6.91. The highest BCUT2D eigenvalue weighted by Gasteiger charge is 2.22. The number of ether oxygens (including phenoxy) is 1. The zero-order valence-electron chi connectivity index (χ0n) is 12.6. The van der Waals surface area contributed by atoms with E-state index >= 15 is 0 Å². The number of benzene rings is 1. The lowest BCUT2D eigenvalue weighted by Crippen LogP contribution is -2.41. The molecule has 0 aromatic heterocycles. The molecule has 5 heteroatoms. The summed E-state index contributed by atoms with van der Waals surface area (Å²) in [6.07, 6.45) is 2.98. The van der Waals surface area contributed by atoms with Crippen LogP contribution in [0.5, 0.6) is 0 Å². The normalized spacial score (nSPS) is 13.0. The maximum atomic E-state index is 11.7. The Bertz CT molecular complexity index is 547. The van der Waals surface area contributed by atoms with Crippen molar-refractivity contribution in [3.63, 3.8) is 0 Å². The van der Waals surface area contributed by atoms with Crippen LogP contribution < -0.4 is 5.32 Å². The monoisotopic (exact) mass is 309 g/mol. The molecule has 1 rings (SSSR count). The third kappa shape index (κ3) is 6.95. The van der Waals surface area contributed by atoms with Crippen LogP contribution in [-0.4, -0.2) is 23.5 Å². The molecule has 114 valence electrons. The summed E-state index contributed by atoms with van der Waals surface area (Å²) in [6, 6.07) is 6.41. The second-order valence-electron chi connectivity index (χ2n) is 5.65. The van der Waals surface area contributed by atoms with Crippen LogP contribution in [0.1, 0.15) is 33.3 Å². The van der Waals surface area contributed by atoms with E-state index in [2.05, 4.69) is 5.32 Å². The fourth-order valence-corrected chi connectivity index (χ4v) is 1.69. The third-order valence-electron chi connectivity index (χ3n) is 2.39. The Balaban J connectivity index is 2.55. The quantitative estimate of drug-likeness (QED) is 0.686. The van der Waals surface area contributed by atoms with E-state index in [9.17, 15) is 9.59 Å². The maximum Gasteiger partial charge on any atom is 0.328 e. The Morgan fingerprint density at radius 1 is 1.33 bits per heavy atom. The molecule has 0 unspecified atom stereocenters. The lowest BCUT2D eigenvalue weighted by molar-refractivity contribution is -0.157. The molecule has 0 spiro atoms. The highest BCUT2D eigenvalue weighted by molar-refractivity contribution is 6.30. The van der Waals surface area contributed by atoms with Gasteiger partial charge in [0.1, 0.15) is 11.6 Å². The molecule has 1 aromatic carbocycles. The Hall–Kier alpha value is -1.81. The molecule has 0 radical (unpaired) electrons. The van der Waals surface area contributed by atoms with Gasteiger partial charge >= 0.3 is 5.97 Å². The topological polar surface area (TPSA) is 55.4 Å². The lowest BCUT2D eigenvalue weighted by atomic mass is 10.2. The number of hydrogen-bond donors (Lipinski definition) is 1. The molecule has 0 aliphatic heterocycles. The number of esters is 1. The first-order valence-corrected chi connectivity index (χ1v) is 7.02. The van der Waals surface area contributed by atoms with Crippen molar-refractivity contribution in [1.82, 2.24) is 5.32 Å². The molecular weight excluding hydrogens is 290 g/mol. The number of rotatable bonds is 4. The van der Waals surface area contributed by atoms with Gasteiger partial charge in [-0.2, -0.15) is 0 Å². The number of amides is 1. The van der Waals surface area contributed by atoms with Crippen molar-refractivity contribution in [2.24, 2.45) is 0 Å². The Morgan fingerprint density at radius 2 is 2.00 bits per heavy atom. The molecular formula is C16H20ClNO3. The summed E-state index contributed by atoms with van der Waals surface area (Å²) < 4.78 is 5.18. The van der Waals surface area contributed by atoms with Gasteiger partial charge in [0.05, 0.1) is 0 Å². The first-order chi connectivity index (χ1) is 9.67. The van der Waals surface area contributed by atoms with Gasteiger partial charge in [0, 0.05) is 11.1 Å². The van der Waals surface area contributed by atoms with Crippen molar-refractivity contribution >= 4 is 29.6 Å². The van der Waals surface area contributed by atoms with Crippen molar-refractivity contribution in [2.75, 3.05) is 0 Å². The van der Waals surface area contributed by atoms with Crippen LogP contribution in [0.15, 0.2) is 30.3 Å². The summed E-state index contributed by atoms with van der Waals surface area (Å²) in [5.41, 5.74) is 0.231. The van der Waals surface area contributed by atoms with Gasteiger partial charge in [0.15, 0.2) is 0 Å². The molecule has 1 N–H and O–H groups in total. The summed E-state index contributed by atoms with van der Waals surface area (Å²) in [7, 11) is 0. The second-order valence-corrected chi connectivity index (χ2v) is 6.09. The highest BCUT2D eigenvalue weighted by Crippen LogP contribution is 2.12. The highest BCUT2D eigenvalue weighted by atomic mass is 35.5. The molecule has 0 fully saturated rings. The van der Waals surface area contributed by atoms with Crippen LogP contribution in [0, 0.1) is 0 Å². The number of carbonyl (C=O) groups excluding carboxylic acids is 2. The van der Waals surface area contributed by atoms with Gasteiger partial charge in [-0.25, -0.2) is 4.79 Å². The zero-order valence-corrected chi connectivity index (χ0v) is 13.4. The van der Waals surface area contributed by atoms with E-state index in [4.69, 9.17) is 16.3 Å². The van der Waals surface area contributed by atoms with E-state index in [1.54, 1.807) is 52.0 Å². The molecule has 0 heterocycles. The van der Waals surface area contributed by atoms with Crippen molar-refractivity contribution in [2.45, 2.75) is 39.3 Å². The molecule has 1 amide bonds. The molecule has 1 atom stereocenters. The first-order valence-electron chi connectivity index (χ1n) is 6.64. The van der Waals surface area contributed by atoms with Gasteiger partial charge < -0.3 is 10.1 Å². The minimum Gasteiger partial charge on any atom is -0.458 e. The van der Waals surface area contributed by atoms with Gasteiger partial charge in [-0.15, -0.1) is 0 Å². The van der Waals surface area contributed by atoms with Crippen LogP contribution in [0.25, 0.3) is 6.08 Å². The Morgan fingerprint density at radius 3 is 2.57 bits per heavy atom. The zero-order chi connectivity index (χ0) is 16.0. The number of hydrogen-bond acceptors (Lipinski definition) is 3. The summed E-state index contributed by atoms with van der Waals surface area (Å²) in [5, 5.41) is 3.15. The molecule has 21 heavy (non-hydrogen) atoms. The summed E-state index contributed by atoms with van der Waals surface area (Å²) in [4.78, 5) is 23.5. The molecule has 0 saturated heterocycles. The van der Waals surface area contributed by atoms with Gasteiger partial charge in [-0.3, -0.25) is 4.79 Å². The van der Waals surface area contributed by atoms with Crippen LogP contribution in [0.3, 0.4) is 0 Å². The van der Waals surface area contributed by atoms with E-state index in [-0.39, 0.29) is 5.91 Å². The van der Waals surface area contributed by atoms with Gasteiger partial charge in [0.2, 0.25) is 5.91 Å².